The monoisotopic (exact) mass is 406 g/mol. The number of carbonyl (C=O) groups is 1. The molecule has 0 aliphatic carbocycles. The van der Waals surface area contributed by atoms with Crippen molar-refractivity contribution >= 4 is 50.3 Å². The van der Waals surface area contributed by atoms with Crippen molar-refractivity contribution in [3.63, 3.8) is 0 Å². The van der Waals surface area contributed by atoms with Gasteiger partial charge in [0.1, 0.15) is 5.52 Å². The number of carbonyl (C=O) groups excluding carboxylic acids is 1. The molecule has 0 fully saturated rings. The summed E-state index contributed by atoms with van der Waals surface area (Å²) in [6, 6.07) is 9.17. The van der Waals surface area contributed by atoms with Gasteiger partial charge in [0.05, 0.1) is 11.3 Å². The topological polar surface area (TPSA) is 79.8 Å². The highest BCUT2D eigenvalue weighted by Crippen LogP contribution is 2.18. The van der Waals surface area contributed by atoms with Gasteiger partial charge in [-0.3, -0.25) is 14.2 Å². The third kappa shape index (κ3) is 3.54. The molecule has 2 heterocycles. The van der Waals surface area contributed by atoms with Gasteiger partial charge >= 0.3 is 0 Å². The van der Waals surface area contributed by atoms with Crippen LogP contribution in [0.3, 0.4) is 0 Å². The summed E-state index contributed by atoms with van der Waals surface area (Å²) in [4.78, 5) is 31.8. The van der Waals surface area contributed by atoms with Gasteiger partial charge < -0.3 is 10.3 Å². The average molecular weight is 407 g/mol. The minimum atomic E-state index is -0.151. The molecule has 0 radical (unpaired) electrons. The van der Waals surface area contributed by atoms with Gasteiger partial charge in [-0.2, -0.15) is 0 Å². The summed E-state index contributed by atoms with van der Waals surface area (Å²) in [6.45, 7) is 1.87. The Labute approximate surface area is 150 Å². The van der Waals surface area contributed by atoms with Crippen molar-refractivity contribution in [2.24, 2.45) is 7.05 Å². The van der Waals surface area contributed by atoms with Crippen LogP contribution in [-0.2, 0) is 11.8 Å². The van der Waals surface area contributed by atoms with E-state index in [9.17, 15) is 9.59 Å². The number of hydrogen-bond acceptors (Lipinski definition) is 4. The Balaban J connectivity index is 1.73. The molecule has 3 aromatic rings. The Morgan fingerprint density at radius 2 is 2.08 bits per heavy atom. The maximum absolute atomic E-state index is 12.3. The summed E-state index contributed by atoms with van der Waals surface area (Å²) in [5.74, 6) is 0.0209. The minimum Gasteiger partial charge on any atom is -0.353 e. The molecule has 0 aliphatic heterocycles. The number of thioether (sulfide) groups is 1. The Hall–Kier alpha value is -2.06. The summed E-state index contributed by atoms with van der Waals surface area (Å²) < 4.78 is 2.40. The molecule has 2 aromatic heterocycles. The van der Waals surface area contributed by atoms with Crippen molar-refractivity contribution in [2.45, 2.75) is 12.1 Å². The van der Waals surface area contributed by atoms with E-state index in [0.717, 1.165) is 15.9 Å². The number of aromatic nitrogens is 3. The highest BCUT2D eigenvalue weighted by atomic mass is 79.9. The van der Waals surface area contributed by atoms with E-state index in [1.54, 1.807) is 7.05 Å². The molecule has 24 heavy (non-hydrogen) atoms. The molecule has 2 N–H and O–H groups in total. The van der Waals surface area contributed by atoms with Crippen molar-refractivity contribution in [3.05, 3.63) is 50.9 Å². The number of fused-ring (bicyclic) bond motifs is 1. The van der Waals surface area contributed by atoms with Crippen LogP contribution in [0.5, 0.6) is 0 Å². The lowest BCUT2D eigenvalue weighted by Crippen LogP contribution is -2.21. The predicted molar refractivity (Wildman–Crippen MR) is 99.6 cm³/mol. The third-order valence-electron chi connectivity index (χ3n) is 3.41. The standard InChI is InChI=1S/C16H15BrN4O2S/c1-9-7-12-14(18-9)15(23)21(2)16(20-12)24-8-13(22)19-11-5-3-10(17)4-6-11/h3-7,18H,8H2,1-2H3,(H,19,22). The first-order valence-corrected chi connectivity index (χ1v) is 8.96. The molecule has 6 nitrogen and oxygen atoms in total. The van der Waals surface area contributed by atoms with Crippen molar-refractivity contribution in [1.82, 2.24) is 14.5 Å². The lowest BCUT2D eigenvalue weighted by molar-refractivity contribution is -0.113. The summed E-state index contributed by atoms with van der Waals surface area (Å²) in [5, 5.41) is 3.32. The van der Waals surface area contributed by atoms with E-state index < -0.39 is 0 Å². The number of H-pyrrole nitrogens is 1. The average Bonchev–Trinajstić information content (AvgIpc) is 2.92. The van der Waals surface area contributed by atoms with E-state index in [1.165, 1.54) is 16.3 Å². The Morgan fingerprint density at radius 3 is 2.79 bits per heavy atom. The Kier molecular flexibility index (Phi) is 4.77. The van der Waals surface area contributed by atoms with E-state index in [1.807, 2.05) is 37.3 Å². The second kappa shape index (κ2) is 6.82. The van der Waals surface area contributed by atoms with Crippen LogP contribution in [0.4, 0.5) is 5.69 Å². The zero-order valence-corrected chi connectivity index (χ0v) is 15.5. The highest BCUT2D eigenvalue weighted by Gasteiger charge is 2.12. The van der Waals surface area contributed by atoms with E-state index in [4.69, 9.17) is 0 Å². The molecule has 0 spiro atoms. The fourth-order valence-corrected chi connectivity index (χ4v) is 3.28. The van der Waals surface area contributed by atoms with Crippen LogP contribution in [0.2, 0.25) is 0 Å². The lowest BCUT2D eigenvalue weighted by Gasteiger charge is -2.08. The van der Waals surface area contributed by atoms with Gasteiger partial charge in [-0.1, -0.05) is 27.7 Å². The maximum atomic E-state index is 12.3. The van der Waals surface area contributed by atoms with E-state index >= 15 is 0 Å². The number of hydrogen-bond donors (Lipinski definition) is 2. The van der Waals surface area contributed by atoms with Crippen LogP contribution in [0.25, 0.3) is 11.0 Å². The van der Waals surface area contributed by atoms with E-state index in [-0.39, 0.29) is 17.2 Å². The molecule has 8 heteroatoms. The van der Waals surface area contributed by atoms with Gasteiger partial charge in [-0.25, -0.2) is 4.98 Å². The van der Waals surface area contributed by atoms with Crippen LogP contribution in [0.1, 0.15) is 5.69 Å². The second-order valence-corrected chi connectivity index (χ2v) is 7.17. The number of aromatic amines is 1. The molecule has 0 saturated heterocycles. The zero-order valence-electron chi connectivity index (χ0n) is 13.1. The molecule has 124 valence electrons. The van der Waals surface area contributed by atoms with Gasteiger partial charge in [0, 0.05) is 22.9 Å². The van der Waals surface area contributed by atoms with Crippen molar-refractivity contribution in [3.8, 4) is 0 Å². The molecular formula is C16H15BrN4O2S. The third-order valence-corrected chi connectivity index (χ3v) is 4.97. The fourth-order valence-electron chi connectivity index (χ4n) is 2.25. The first-order chi connectivity index (χ1) is 11.4. The molecule has 3 rings (SSSR count). The van der Waals surface area contributed by atoms with E-state index in [2.05, 4.69) is 31.2 Å². The second-order valence-electron chi connectivity index (χ2n) is 5.31. The molecular weight excluding hydrogens is 392 g/mol. The predicted octanol–water partition coefficient (Wildman–Crippen LogP) is 3.06. The Morgan fingerprint density at radius 1 is 1.38 bits per heavy atom. The van der Waals surface area contributed by atoms with Crippen molar-refractivity contribution < 1.29 is 4.79 Å². The summed E-state index contributed by atoms with van der Waals surface area (Å²) in [6.07, 6.45) is 0. The number of benzene rings is 1. The van der Waals surface area contributed by atoms with Gasteiger partial charge in [0.15, 0.2) is 5.16 Å². The smallest absolute Gasteiger partial charge is 0.278 e. The molecule has 0 unspecified atom stereocenters. The zero-order chi connectivity index (χ0) is 17.3. The normalized spacial score (nSPS) is 11.0. The first-order valence-electron chi connectivity index (χ1n) is 7.18. The van der Waals surface area contributed by atoms with Crippen LogP contribution >= 0.6 is 27.7 Å². The number of aryl methyl sites for hydroxylation is 1. The number of halogens is 1. The summed E-state index contributed by atoms with van der Waals surface area (Å²) >= 11 is 4.58. The number of nitrogens with zero attached hydrogens (tertiary/aromatic N) is 2. The molecule has 0 bridgehead atoms. The quantitative estimate of drug-likeness (QED) is 0.515. The maximum Gasteiger partial charge on any atom is 0.278 e. The van der Waals surface area contributed by atoms with Crippen LogP contribution in [-0.4, -0.2) is 26.2 Å². The van der Waals surface area contributed by atoms with Gasteiger partial charge in [-0.05, 0) is 37.3 Å². The summed E-state index contributed by atoms with van der Waals surface area (Å²) in [7, 11) is 1.65. The summed E-state index contributed by atoms with van der Waals surface area (Å²) in [5.41, 5.74) is 2.56. The lowest BCUT2D eigenvalue weighted by atomic mass is 10.3. The molecule has 0 saturated carbocycles. The molecule has 0 atom stereocenters. The highest BCUT2D eigenvalue weighted by molar-refractivity contribution is 9.10. The number of anilines is 1. The first kappa shape index (κ1) is 16.8. The molecule has 1 aromatic carbocycles. The van der Waals surface area contributed by atoms with Crippen LogP contribution < -0.4 is 10.9 Å². The van der Waals surface area contributed by atoms with Crippen molar-refractivity contribution in [2.75, 3.05) is 11.1 Å². The van der Waals surface area contributed by atoms with E-state index in [0.29, 0.717) is 16.2 Å². The molecule has 0 aliphatic rings. The Bertz CT molecular complexity index is 963. The number of nitrogens with one attached hydrogen (secondary N) is 2. The largest absolute Gasteiger partial charge is 0.353 e. The SMILES string of the molecule is Cc1cc2nc(SCC(=O)Nc3ccc(Br)cc3)n(C)c(=O)c2[nH]1. The molecule has 1 amide bonds. The van der Waals surface area contributed by atoms with Gasteiger partial charge in [0.25, 0.3) is 5.56 Å². The van der Waals surface area contributed by atoms with Crippen LogP contribution in [0, 0.1) is 6.92 Å². The van der Waals surface area contributed by atoms with Gasteiger partial charge in [-0.15, -0.1) is 0 Å². The minimum absolute atomic E-state index is 0.149. The van der Waals surface area contributed by atoms with Crippen molar-refractivity contribution in [1.29, 1.82) is 0 Å². The van der Waals surface area contributed by atoms with Gasteiger partial charge in [0.2, 0.25) is 5.91 Å². The number of rotatable bonds is 4. The number of amides is 1. The fraction of sp³-hybridized carbons (Fsp3) is 0.188. The van der Waals surface area contributed by atoms with Crippen LogP contribution in [0.15, 0.2) is 44.8 Å².